The second kappa shape index (κ2) is 4.36. The van der Waals surface area contributed by atoms with Crippen LogP contribution in [-0.2, 0) is 12.8 Å². The van der Waals surface area contributed by atoms with E-state index in [0.717, 1.165) is 35.8 Å². The zero-order chi connectivity index (χ0) is 15.8. The molecule has 0 spiro atoms. The van der Waals surface area contributed by atoms with Gasteiger partial charge in [-0.3, -0.25) is 4.90 Å². The largest absolute Gasteiger partial charge is 0.454 e. The van der Waals surface area contributed by atoms with E-state index in [-0.39, 0.29) is 0 Å². The van der Waals surface area contributed by atoms with Gasteiger partial charge in [0.1, 0.15) is 0 Å². The van der Waals surface area contributed by atoms with Crippen molar-refractivity contribution in [2.24, 2.45) is 0 Å². The monoisotopic (exact) mass is 323 g/mol. The Bertz CT molecular complexity index is 807. The lowest BCUT2D eigenvalue weighted by Crippen LogP contribution is -2.40. The highest BCUT2D eigenvalue weighted by Gasteiger charge is 2.40. The summed E-state index contributed by atoms with van der Waals surface area (Å²) in [6, 6.07) is 9.41. The molecule has 0 fully saturated rings. The van der Waals surface area contributed by atoms with Crippen molar-refractivity contribution < 1.29 is 18.9 Å². The molecule has 2 atom stereocenters. The molecule has 5 nitrogen and oxygen atoms in total. The number of fused-ring (bicyclic) bond motifs is 8. The van der Waals surface area contributed by atoms with Gasteiger partial charge in [0.15, 0.2) is 23.0 Å². The first-order valence-electron chi connectivity index (χ1n) is 8.35. The smallest absolute Gasteiger partial charge is 0.231 e. The number of hydrogen-bond acceptors (Lipinski definition) is 5. The van der Waals surface area contributed by atoms with Crippen LogP contribution in [0.1, 0.15) is 34.3 Å². The van der Waals surface area contributed by atoms with E-state index in [0.29, 0.717) is 25.7 Å². The molecule has 0 aliphatic carbocycles. The van der Waals surface area contributed by atoms with Crippen LogP contribution in [0.3, 0.4) is 0 Å². The first-order valence-corrected chi connectivity index (χ1v) is 8.35. The predicted molar refractivity (Wildman–Crippen MR) is 85.8 cm³/mol. The molecule has 24 heavy (non-hydrogen) atoms. The summed E-state index contributed by atoms with van der Waals surface area (Å²) < 4.78 is 22.3. The minimum atomic E-state index is 0.323. The third-order valence-electron chi connectivity index (χ3n) is 5.80. The molecule has 0 radical (unpaired) electrons. The number of hydrogen-bond donors (Lipinski definition) is 0. The molecule has 6 rings (SSSR count). The standard InChI is InChI=1S/C19H17NO4/c1-20-14-2-10-4-16-18(23-8-21-16)6-12(10)15(20)3-11-5-17-19(7-13(11)14)24-9-22-17/h4-7,14-15H,2-3,8-9H2,1H3/t14-,15?/m0/s1. The summed E-state index contributed by atoms with van der Waals surface area (Å²) in [5, 5.41) is 0. The van der Waals surface area contributed by atoms with Crippen molar-refractivity contribution in [2.75, 3.05) is 20.6 Å². The lowest BCUT2D eigenvalue weighted by molar-refractivity contribution is 0.137. The molecule has 122 valence electrons. The molecule has 4 heterocycles. The van der Waals surface area contributed by atoms with E-state index in [1.54, 1.807) is 0 Å². The number of rotatable bonds is 0. The summed E-state index contributed by atoms with van der Waals surface area (Å²) in [5.74, 6) is 3.50. The van der Waals surface area contributed by atoms with E-state index in [9.17, 15) is 0 Å². The third-order valence-corrected chi connectivity index (χ3v) is 5.80. The van der Waals surface area contributed by atoms with Crippen molar-refractivity contribution in [1.29, 1.82) is 0 Å². The minimum Gasteiger partial charge on any atom is -0.454 e. The summed E-state index contributed by atoms with van der Waals surface area (Å²) in [5.41, 5.74) is 5.47. The van der Waals surface area contributed by atoms with Gasteiger partial charge in [-0.15, -0.1) is 0 Å². The van der Waals surface area contributed by atoms with Crippen molar-refractivity contribution in [1.82, 2.24) is 4.90 Å². The summed E-state index contributed by atoms with van der Waals surface area (Å²) in [7, 11) is 2.22. The molecule has 5 heteroatoms. The average molecular weight is 323 g/mol. The van der Waals surface area contributed by atoms with Gasteiger partial charge < -0.3 is 18.9 Å². The number of benzene rings is 2. The van der Waals surface area contributed by atoms with E-state index < -0.39 is 0 Å². The van der Waals surface area contributed by atoms with Gasteiger partial charge in [0.2, 0.25) is 13.6 Å². The Kier molecular flexibility index (Phi) is 2.35. The van der Waals surface area contributed by atoms with E-state index in [4.69, 9.17) is 18.9 Å². The Labute approximate surface area is 139 Å². The molecule has 0 amide bonds. The maximum absolute atomic E-state index is 5.59. The lowest BCUT2D eigenvalue weighted by Gasteiger charge is -2.46. The van der Waals surface area contributed by atoms with Gasteiger partial charge in [-0.1, -0.05) is 0 Å². The van der Waals surface area contributed by atoms with Crippen molar-refractivity contribution in [3.8, 4) is 23.0 Å². The Balaban J connectivity index is 1.51. The zero-order valence-electron chi connectivity index (χ0n) is 13.4. The van der Waals surface area contributed by atoms with Gasteiger partial charge in [-0.25, -0.2) is 0 Å². The van der Waals surface area contributed by atoms with Gasteiger partial charge in [-0.2, -0.15) is 0 Å². The summed E-state index contributed by atoms with van der Waals surface area (Å²) in [6.45, 7) is 0.646. The molecule has 2 bridgehead atoms. The van der Waals surface area contributed by atoms with Crippen molar-refractivity contribution in [2.45, 2.75) is 24.9 Å². The molecule has 0 aromatic heterocycles. The van der Waals surface area contributed by atoms with Crippen molar-refractivity contribution in [3.63, 3.8) is 0 Å². The summed E-state index contributed by atoms with van der Waals surface area (Å²) in [6.07, 6.45) is 1.96. The molecule has 0 saturated heterocycles. The van der Waals surface area contributed by atoms with Crippen LogP contribution >= 0.6 is 0 Å². The van der Waals surface area contributed by atoms with E-state index in [2.05, 4.69) is 36.2 Å². The van der Waals surface area contributed by atoms with Gasteiger partial charge >= 0.3 is 0 Å². The maximum Gasteiger partial charge on any atom is 0.231 e. The fourth-order valence-corrected chi connectivity index (χ4v) is 4.55. The second-order valence-electron chi connectivity index (χ2n) is 6.91. The SMILES string of the molecule is CN1C2Cc3cc4c(cc3[C@@H]1Cc1cc3c(cc12)OCO3)OCO4. The molecule has 2 aromatic carbocycles. The van der Waals surface area contributed by atoms with Crippen LogP contribution in [0.2, 0.25) is 0 Å². The van der Waals surface area contributed by atoms with Crippen LogP contribution < -0.4 is 18.9 Å². The van der Waals surface area contributed by atoms with Crippen LogP contribution in [0.4, 0.5) is 0 Å². The summed E-state index contributed by atoms with van der Waals surface area (Å²) >= 11 is 0. The van der Waals surface area contributed by atoms with E-state index in [1.165, 1.54) is 22.3 Å². The van der Waals surface area contributed by atoms with Gasteiger partial charge in [0, 0.05) is 12.1 Å². The van der Waals surface area contributed by atoms with E-state index >= 15 is 0 Å². The normalized spacial score (nSPS) is 25.4. The quantitative estimate of drug-likeness (QED) is 0.745. The van der Waals surface area contributed by atoms with Gasteiger partial charge in [0.25, 0.3) is 0 Å². The van der Waals surface area contributed by atoms with E-state index in [1.807, 2.05) is 0 Å². The highest BCUT2D eigenvalue weighted by atomic mass is 16.7. The van der Waals surface area contributed by atoms with Gasteiger partial charge in [0.05, 0.1) is 0 Å². The molecule has 4 aliphatic rings. The molecule has 0 N–H and O–H groups in total. The molecular weight excluding hydrogens is 306 g/mol. The third kappa shape index (κ3) is 1.58. The molecule has 0 saturated carbocycles. The first kappa shape index (κ1) is 13.0. The Morgan fingerprint density at radius 1 is 0.708 bits per heavy atom. The van der Waals surface area contributed by atoms with Crippen molar-refractivity contribution >= 4 is 0 Å². The first-order chi connectivity index (χ1) is 11.8. The Hall–Kier alpha value is -2.40. The predicted octanol–water partition coefficient (Wildman–Crippen LogP) is 2.97. The Morgan fingerprint density at radius 3 is 1.58 bits per heavy atom. The van der Waals surface area contributed by atoms with Crippen LogP contribution in [0.25, 0.3) is 0 Å². The fourth-order valence-electron chi connectivity index (χ4n) is 4.55. The van der Waals surface area contributed by atoms with Crippen LogP contribution in [0.15, 0.2) is 24.3 Å². The average Bonchev–Trinajstić information content (AvgIpc) is 3.21. The highest BCUT2D eigenvalue weighted by molar-refractivity contribution is 5.56. The fraction of sp³-hybridized carbons (Fsp3) is 0.368. The van der Waals surface area contributed by atoms with Crippen LogP contribution in [0, 0.1) is 0 Å². The lowest BCUT2D eigenvalue weighted by atomic mass is 9.76. The Morgan fingerprint density at radius 2 is 1.12 bits per heavy atom. The second-order valence-corrected chi connectivity index (χ2v) is 6.91. The minimum absolute atomic E-state index is 0.323. The highest BCUT2D eigenvalue weighted by Crippen LogP contribution is 2.51. The number of nitrogens with zero attached hydrogens (tertiary/aromatic N) is 1. The molecule has 1 unspecified atom stereocenters. The zero-order valence-corrected chi connectivity index (χ0v) is 13.4. The van der Waals surface area contributed by atoms with Gasteiger partial charge in [-0.05, 0) is 66.4 Å². The number of likely N-dealkylation sites (N-methyl/N-ethyl adjacent to an activating group) is 1. The molecule has 4 aliphatic heterocycles. The summed E-state index contributed by atoms with van der Waals surface area (Å²) in [4.78, 5) is 2.48. The number of ether oxygens (including phenoxy) is 4. The maximum atomic E-state index is 5.59. The van der Waals surface area contributed by atoms with Crippen molar-refractivity contribution in [3.05, 3.63) is 46.5 Å². The van der Waals surface area contributed by atoms with Crippen LogP contribution in [0.5, 0.6) is 23.0 Å². The topological polar surface area (TPSA) is 40.2 Å². The molecule has 2 aromatic rings. The molecular formula is C19H17NO4. The van der Waals surface area contributed by atoms with Crippen LogP contribution in [-0.4, -0.2) is 25.5 Å².